The Hall–Kier alpha value is -1.39. The third-order valence-corrected chi connectivity index (χ3v) is 9.91. The second-order valence-corrected chi connectivity index (χ2v) is 13.9. The summed E-state index contributed by atoms with van der Waals surface area (Å²) in [5, 5.41) is 0.143. The maximum atomic E-state index is 6.78. The maximum absolute atomic E-state index is 6.78. The van der Waals surface area contributed by atoms with Gasteiger partial charge in [0.25, 0.3) is 0 Å². The van der Waals surface area contributed by atoms with Crippen molar-refractivity contribution in [2.75, 3.05) is 0 Å². The normalized spacial score (nSPS) is 24.2. The number of aliphatic imine (C=N–C) groups is 1. The van der Waals surface area contributed by atoms with E-state index in [4.69, 9.17) is 14.2 Å². The van der Waals surface area contributed by atoms with Crippen molar-refractivity contribution in [3.05, 3.63) is 48.6 Å². The van der Waals surface area contributed by atoms with Crippen molar-refractivity contribution in [3.8, 4) is 0 Å². The summed E-state index contributed by atoms with van der Waals surface area (Å²) >= 11 is 0. The van der Waals surface area contributed by atoms with Crippen LogP contribution in [-0.2, 0) is 9.16 Å². The molecule has 1 aliphatic heterocycles. The van der Waals surface area contributed by atoms with E-state index in [1.54, 1.807) is 0 Å². The average molecular weight is 374 g/mol. The Bertz CT molecular complexity index is 631. The van der Waals surface area contributed by atoms with Gasteiger partial charge in [-0.1, -0.05) is 59.4 Å². The average Bonchev–Trinajstić information content (AvgIpc) is 2.55. The molecule has 0 saturated carbocycles. The maximum Gasteiger partial charge on any atom is 0.217 e. The Morgan fingerprint density at radius 3 is 2.35 bits per heavy atom. The summed E-state index contributed by atoms with van der Waals surface area (Å²) < 4.78 is 13.0. The monoisotopic (exact) mass is 373 g/mol. The summed E-state index contributed by atoms with van der Waals surface area (Å²) in [7, 11) is -1.94. The second kappa shape index (κ2) is 8.09. The van der Waals surface area contributed by atoms with Crippen LogP contribution in [0.5, 0.6) is 0 Å². The topological polar surface area (TPSA) is 30.8 Å². The van der Waals surface area contributed by atoms with Crippen molar-refractivity contribution in [2.45, 2.75) is 77.4 Å². The second-order valence-electron chi connectivity index (χ2n) is 9.16. The van der Waals surface area contributed by atoms with Gasteiger partial charge in [0.15, 0.2) is 8.32 Å². The van der Waals surface area contributed by atoms with E-state index in [9.17, 15) is 0 Å². The highest BCUT2D eigenvalue weighted by Crippen LogP contribution is 2.39. The fourth-order valence-electron chi connectivity index (χ4n) is 2.91. The summed E-state index contributed by atoms with van der Waals surface area (Å²) in [5.74, 6) is 1.24. The van der Waals surface area contributed by atoms with Crippen LogP contribution in [0, 0.1) is 5.92 Å². The van der Waals surface area contributed by atoms with E-state index < -0.39 is 8.32 Å². The number of nitrogens with zero attached hydrogens (tertiary/aromatic N) is 1. The first-order valence-corrected chi connectivity index (χ1v) is 12.6. The van der Waals surface area contributed by atoms with Gasteiger partial charge in [0.1, 0.15) is 12.2 Å². The molecule has 4 heteroatoms. The van der Waals surface area contributed by atoms with E-state index in [-0.39, 0.29) is 23.3 Å². The minimum absolute atomic E-state index is 0.0797. The van der Waals surface area contributed by atoms with Gasteiger partial charge < -0.3 is 9.16 Å². The first kappa shape index (κ1) is 20.9. The van der Waals surface area contributed by atoms with E-state index >= 15 is 0 Å². The summed E-state index contributed by atoms with van der Waals surface area (Å²) in [6, 6.07) is 10.2. The van der Waals surface area contributed by atoms with Gasteiger partial charge in [0, 0.05) is 5.56 Å². The van der Waals surface area contributed by atoms with Crippen LogP contribution < -0.4 is 0 Å². The van der Waals surface area contributed by atoms with E-state index in [1.807, 2.05) is 36.4 Å². The summed E-state index contributed by atoms with van der Waals surface area (Å²) in [6.45, 7) is 19.9. The molecule has 0 saturated heterocycles. The zero-order chi connectivity index (χ0) is 19.5. The van der Waals surface area contributed by atoms with Gasteiger partial charge in [-0.2, -0.15) is 0 Å². The molecule has 0 aliphatic carbocycles. The van der Waals surface area contributed by atoms with Crippen LogP contribution in [0.25, 0.3) is 0 Å². The first-order chi connectivity index (χ1) is 12.0. The number of benzene rings is 1. The largest absolute Gasteiger partial charge is 0.467 e. The molecule has 0 N–H and O–H groups in total. The van der Waals surface area contributed by atoms with Crippen molar-refractivity contribution >= 4 is 14.2 Å². The van der Waals surface area contributed by atoms with Crippen molar-refractivity contribution in [3.63, 3.8) is 0 Å². The van der Waals surface area contributed by atoms with Crippen molar-refractivity contribution in [1.82, 2.24) is 0 Å². The molecule has 1 aromatic rings. The molecule has 0 unspecified atom stereocenters. The zero-order valence-electron chi connectivity index (χ0n) is 17.5. The third kappa shape index (κ3) is 4.86. The van der Waals surface area contributed by atoms with Gasteiger partial charge in [-0.05, 0) is 48.7 Å². The molecule has 2 rings (SSSR count). The zero-order valence-corrected chi connectivity index (χ0v) is 18.5. The van der Waals surface area contributed by atoms with Gasteiger partial charge in [-0.3, -0.25) is 0 Å². The minimum atomic E-state index is -1.94. The molecule has 1 heterocycles. The van der Waals surface area contributed by atoms with Gasteiger partial charge in [-0.25, -0.2) is 4.99 Å². The highest BCUT2D eigenvalue weighted by atomic mass is 28.4. The van der Waals surface area contributed by atoms with Crippen molar-refractivity contribution < 1.29 is 9.16 Å². The minimum Gasteiger partial charge on any atom is -0.467 e. The molecular formula is C22H35NO2Si. The molecule has 0 bridgehead atoms. The number of hydrogen-bond acceptors (Lipinski definition) is 3. The van der Waals surface area contributed by atoms with Crippen LogP contribution in [0.15, 0.2) is 48.0 Å². The SMILES string of the molecule is C=C[C@@H]1OC(c2ccccc2)=N[C@@H](CC(C)C)[C@@H]1O[Si](C)(C)C(C)(C)C. The Morgan fingerprint density at radius 1 is 1.23 bits per heavy atom. The Labute approximate surface area is 160 Å². The van der Waals surface area contributed by atoms with Crippen LogP contribution in [-0.4, -0.2) is 32.5 Å². The fourth-order valence-corrected chi connectivity index (χ4v) is 4.23. The molecule has 3 atom stereocenters. The third-order valence-electron chi connectivity index (χ3n) is 5.44. The smallest absolute Gasteiger partial charge is 0.217 e. The predicted molar refractivity (Wildman–Crippen MR) is 113 cm³/mol. The van der Waals surface area contributed by atoms with E-state index in [0.29, 0.717) is 11.8 Å². The Balaban J connectivity index is 2.39. The molecule has 0 aromatic heterocycles. The predicted octanol–water partition coefficient (Wildman–Crippen LogP) is 5.82. The van der Waals surface area contributed by atoms with Gasteiger partial charge in [0.2, 0.25) is 5.90 Å². The lowest BCUT2D eigenvalue weighted by molar-refractivity contribution is 0.0279. The van der Waals surface area contributed by atoms with Crippen molar-refractivity contribution in [2.24, 2.45) is 10.9 Å². The first-order valence-electron chi connectivity index (χ1n) is 9.65. The van der Waals surface area contributed by atoms with Crippen LogP contribution in [0.1, 0.15) is 46.6 Å². The van der Waals surface area contributed by atoms with E-state index in [1.165, 1.54) is 0 Å². The molecule has 1 aromatic carbocycles. The lowest BCUT2D eigenvalue weighted by Crippen LogP contribution is -2.53. The highest BCUT2D eigenvalue weighted by molar-refractivity contribution is 6.74. The lowest BCUT2D eigenvalue weighted by atomic mass is 9.95. The molecule has 1 aliphatic rings. The quantitative estimate of drug-likeness (QED) is 0.464. The molecule has 26 heavy (non-hydrogen) atoms. The van der Waals surface area contributed by atoms with Crippen LogP contribution in [0.3, 0.4) is 0 Å². The van der Waals surface area contributed by atoms with Crippen LogP contribution in [0.4, 0.5) is 0 Å². The van der Waals surface area contributed by atoms with Gasteiger partial charge >= 0.3 is 0 Å². The molecule has 144 valence electrons. The number of hydrogen-bond donors (Lipinski definition) is 0. The van der Waals surface area contributed by atoms with Crippen molar-refractivity contribution in [1.29, 1.82) is 0 Å². The highest BCUT2D eigenvalue weighted by Gasteiger charge is 2.45. The standard InChI is InChI=1S/C22H35NO2Si/c1-9-19-20(25-26(7,8)22(4,5)6)18(15-16(2)3)23-21(24-19)17-13-11-10-12-14-17/h9-14,16,18-20H,1,15H2,2-8H3/t18-,19-,20-/m0/s1. The molecule has 0 radical (unpaired) electrons. The fraction of sp³-hybridized carbons (Fsp3) is 0.591. The molecular weight excluding hydrogens is 338 g/mol. The van der Waals surface area contributed by atoms with Gasteiger partial charge in [0.05, 0.1) is 6.04 Å². The molecule has 3 nitrogen and oxygen atoms in total. The van der Waals surface area contributed by atoms with Crippen LogP contribution >= 0.6 is 0 Å². The number of rotatable bonds is 6. The van der Waals surface area contributed by atoms with Gasteiger partial charge in [-0.15, -0.1) is 0 Å². The number of ether oxygens (including phenoxy) is 1. The lowest BCUT2D eigenvalue weighted by Gasteiger charge is -2.44. The Morgan fingerprint density at radius 2 is 1.85 bits per heavy atom. The molecule has 0 amide bonds. The molecule has 0 fully saturated rings. The summed E-state index contributed by atoms with van der Waals surface area (Å²) in [4.78, 5) is 4.98. The Kier molecular flexibility index (Phi) is 6.51. The van der Waals surface area contributed by atoms with E-state index in [2.05, 4.69) is 54.3 Å². The summed E-state index contributed by atoms with van der Waals surface area (Å²) in [5.41, 5.74) is 1.01. The van der Waals surface area contributed by atoms with Crippen LogP contribution in [0.2, 0.25) is 18.1 Å². The molecule has 0 spiro atoms. The van der Waals surface area contributed by atoms with E-state index in [0.717, 1.165) is 12.0 Å². The summed E-state index contributed by atoms with van der Waals surface area (Å²) in [6.07, 6.45) is 2.59.